The van der Waals surface area contributed by atoms with Crippen LogP contribution in [0.5, 0.6) is 0 Å². The lowest BCUT2D eigenvalue weighted by atomic mass is 10.1. The zero-order chi connectivity index (χ0) is 56.2. The third kappa shape index (κ3) is 12.7. The standard InChI is InChI=1S/C56H30O22/c57-43(58)35-15-1-3-17-37(35)51(67)75-47(63)31-11-9-13-33(27-31)49(65)77-55(71)41-21-7-5-19-39(41)53(69)73-45(61)29-23-25-30(26-24-29)46(62)74-54(70)40-20-6-8-22-42(40)56(72)78-50(66)34-14-10-12-32(28-34)48(64)76-52(68)38-18-4-2-16-36(38)44(59)60/h1-28H,(H,57,58)(H,59,60). The van der Waals surface area contributed by atoms with Gasteiger partial charge in [-0.05, 0) is 109 Å². The van der Waals surface area contributed by atoms with E-state index in [4.69, 9.17) is 28.4 Å². The number of ether oxygens (including phenoxy) is 6. The Bertz CT molecular complexity index is 3480. The monoisotopic (exact) mass is 1050 g/mol. The van der Waals surface area contributed by atoms with Crippen molar-refractivity contribution in [2.75, 3.05) is 0 Å². The molecular formula is C56H30O22. The van der Waals surface area contributed by atoms with Crippen molar-refractivity contribution in [3.63, 3.8) is 0 Å². The fourth-order valence-corrected chi connectivity index (χ4v) is 6.85. The first kappa shape index (κ1) is 54.1. The highest BCUT2D eigenvalue weighted by atomic mass is 16.6. The van der Waals surface area contributed by atoms with Gasteiger partial charge in [0, 0.05) is 0 Å². The highest BCUT2D eigenvalue weighted by Crippen LogP contribution is 2.21. The summed E-state index contributed by atoms with van der Waals surface area (Å²) in [4.78, 5) is 179. The minimum Gasteiger partial charge on any atom is -0.478 e. The van der Waals surface area contributed by atoms with Crippen LogP contribution in [-0.2, 0) is 28.4 Å². The Balaban J connectivity index is 0.931. The first-order chi connectivity index (χ1) is 37.3. The fourth-order valence-electron chi connectivity index (χ4n) is 6.85. The second kappa shape index (κ2) is 23.9. The number of esters is 12. The van der Waals surface area contributed by atoms with Crippen LogP contribution in [0.3, 0.4) is 0 Å². The lowest BCUT2D eigenvalue weighted by Crippen LogP contribution is -2.20. The number of carbonyl (C=O) groups is 14. The Morgan fingerprint density at radius 3 is 0.590 bits per heavy atom. The van der Waals surface area contributed by atoms with Crippen LogP contribution in [0.1, 0.15) is 145 Å². The average molecular weight is 1050 g/mol. The number of benzene rings is 7. The van der Waals surface area contributed by atoms with Crippen molar-refractivity contribution in [1.29, 1.82) is 0 Å². The minimum atomic E-state index is -1.46. The van der Waals surface area contributed by atoms with Crippen LogP contribution < -0.4 is 0 Å². The summed E-state index contributed by atoms with van der Waals surface area (Å²) in [6.45, 7) is 0. The largest absolute Gasteiger partial charge is 0.478 e. The van der Waals surface area contributed by atoms with Gasteiger partial charge in [0.1, 0.15) is 0 Å². The van der Waals surface area contributed by atoms with Crippen molar-refractivity contribution in [2.24, 2.45) is 0 Å². The molecule has 0 saturated heterocycles. The molecular weight excluding hydrogens is 1020 g/mol. The molecule has 22 heteroatoms. The summed E-state index contributed by atoms with van der Waals surface area (Å²) in [5.74, 6) is -18.9. The zero-order valence-corrected chi connectivity index (χ0v) is 39.2. The third-order valence-electron chi connectivity index (χ3n) is 10.6. The maximum absolute atomic E-state index is 13.2. The Kier molecular flexibility index (Phi) is 16.6. The molecule has 0 amide bonds. The summed E-state index contributed by atoms with van der Waals surface area (Å²) in [6.07, 6.45) is 0. The summed E-state index contributed by atoms with van der Waals surface area (Å²) in [6, 6.07) is 32.1. The van der Waals surface area contributed by atoms with E-state index < -0.39 is 139 Å². The smallest absolute Gasteiger partial charge is 0.346 e. The van der Waals surface area contributed by atoms with Crippen molar-refractivity contribution >= 4 is 83.6 Å². The van der Waals surface area contributed by atoms with E-state index in [9.17, 15) is 77.3 Å². The molecule has 0 saturated carbocycles. The van der Waals surface area contributed by atoms with E-state index in [1.54, 1.807) is 0 Å². The zero-order valence-electron chi connectivity index (χ0n) is 39.2. The van der Waals surface area contributed by atoms with Gasteiger partial charge < -0.3 is 38.6 Å². The van der Waals surface area contributed by atoms with Gasteiger partial charge in [0.2, 0.25) is 0 Å². The number of carbonyl (C=O) groups excluding carboxylic acids is 12. The molecule has 0 unspecified atom stereocenters. The van der Waals surface area contributed by atoms with E-state index in [1.807, 2.05) is 0 Å². The van der Waals surface area contributed by atoms with Gasteiger partial charge in [-0.15, -0.1) is 0 Å². The van der Waals surface area contributed by atoms with Crippen molar-refractivity contribution in [3.05, 3.63) is 248 Å². The Hall–Kier alpha value is -11.7. The number of carboxylic acid groups (broad SMARTS) is 2. The second-order valence-electron chi connectivity index (χ2n) is 15.6. The van der Waals surface area contributed by atoms with Crippen LogP contribution in [-0.4, -0.2) is 93.8 Å². The lowest BCUT2D eigenvalue weighted by Gasteiger charge is -2.10. The quantitative estimate of drug-likeness (QED) is 0.0624. The fraction of sp³-hybridized carbons (Fsp3) is 0. The van der Waals surface area contributed by atoms with Gasteiger partial charge >= 0.3 is 83.6 Å². The molecule has 0 heterocycles. The van der Waals surface area contributed by atoms with Gasteiger partial charge in [-0.25, -0.2) is 67.1 Å². The maximum atomic E-state index is 13.2. The van der Waals surface area contributed by atoms with Crippen LogP contribution in [0.15, 0.2) is 170 Å². The van der Waals surface area contributed by atoms with Crippen LogP contribution >= 0.6 is 0 Å². The van der Waals surface area contributed by atoms with E-state index in [0.29, 0.717) is 0 Å². The van der Waals surface area contributed by atoms with Gasteiger partial charge in [-0.1, -0.05) is 60.7 Å². The van der Waals surface area contributed by atoms with Crippen molar-refractivity contribution in [3.8, 4) is 0 Å². The van der Waals surface area contributed by atoms with E-state index in [1.165, 1.54) is 60.7 Å². The predicted molar refractivity (Wildman–Crippen MR) is 257 cm³/mol. The molecule has 0 aliphatic carbocycles. The molecule has 0 fully saturated rings. The molecule has 0 aromatic heterocycles. The molecule has 7 rings (SSSR count). The van der Waals surface area contributed by atoms with E-state index >= 15 is 0 Å². The Morgan fingerprint density at radius 1 is 0.205 bits per heavy atom. The maximum Gasteiger partial charge on any atom is 0.346 e. The van der Waals surface area contributed by atoms with Gasteiger partial charge in [0.15, 0.2) is 0 Å². The number of rotatable bonds is 14. The van der Waals surface area contributed by atoms with E-state index in [-0.39, 0.29) is 22.3 Å². The molecule has 22 nitrogen and oxygen atoms in total. The van der Waals surface area contributed by atoms with E-state index in [2.05, 4.69) is 0 Å². The molecule has 78 heavy (non-hydrogen) atoms. The predicted octanol–water partition coefficient (Wildman–Crippen LogP) is 7.07. The SMILES string of the molecule is O=C(OC(=O)c1ccccc1C(=O)O)c1cccc(C(=O)OC(=O)c2ccccc2C(=O)OC(=O)c2ccc(C(=O)OC(=O)c3ccccc3C(=O)OC(=O)c3cccc(C(=O)OC(=O)c4ccccc4C(=O)O)c3)cc2)c1. The molecule has 7 aromatic rings. The Morgan fingerprint density at radius 2 is 0.385 bits per heavy atom. The topological polar surface area (TPSA) is 335 Å². The van der Waals surface area contributed by atoms with Crippen LogP contribution in [0.4, 0.5) is 0 Å². The number of hydrogen-bond donors (Lipinski definition) is 2. The summed E-state index contributed by atoms with van der Waals surface area (Å²) >= 11 is 0. The lowest BCUT2D eigenvalue weighted by molar-refractivity contribution is 0.0354. The summed E-state index contributed by atoms with van der Waals surface area (Å²) in [7, 11) is 0. The van der Waals surface area contributed by atoms with Gasteiger partial charge in [-0.2, -0.15) is 0 Å². The van der Waals surface area contributed by atoms with Crippen LogP contribution in [0.25, 0.3) is 0 Å². The Labute approximate surface area is 435 Å². The molecule has 0 radical (unpaired) electrons. The first-order valence-electron chi connectivity index (χ1n) is 22.0. The van der Waals surface area contributed by atoms with Gasteiger partial charge in [0.25, 0.3) is 0 Å². The highest BCUT2D eigenvalue weighted by Gasteiger charge is 2.29. The molecule has 0 spiro atoms. The average Bonchev–Trinajstić information content (AvgIpc) is 3.45. The molecule has 0 bridgehead atoms. The third-order valence-corrected chi connectivity index (χ3v) is 10.6. The first-order valence-corrected chi connectivity index (χ1v) is 22.0. The minimum absolute atomic E-state index is 0.331. The molecule has 2 N–H and O–H groups in total. The summed E-state index contributed by atoms with van der Waals surface area (Å²) in [5.41, 5.74) is -6.09. The number of aromatic carboxylic acids is 2. The highest BCUT2D eigenvalue weighted by molar-refractivity contribution is 6.14. The summed E-state index contributed by atoms with van der Waals surface area (Å²) < 4.78 is 29.3. The molecule has 7 aromatic carbocycles. The second-order valence-corrected chi connectivity index (χ2v) is 15.6. The summed E-state index contributed by atoms with van der Waals surface area (Å²) in [5, 5.41) is 18.7. The van der Waals surface area contributed by atoms with Gasteiger partial charge in [0.05, 0.1) is 77.9 Å². The van der Waals surface area contributed by atoms with Crippen molar-refractivity contribution in [1.82, 2.24) is 0 Å². The van der Waals surface area contributed by atoms with E-state index in [0.717, 1.165) is 109 Å². The molecule has 386 valence electrons. The molecule has 0 aliphatic rings. The molecule has 0 atom stereocenters. The van der Waals surface area contributed by atoms with Crippen LogP contribution in [0.2, 0.25) is 0 Å². The normalized spacial score (nSPS) is 10.4. The molecule has 0 aliphatic heterocycles. The number of carboxylic acids is 2. The van der Waals surface area contributed by atoms with Crippen LogP contribution in [0, 0.1) is 0 Å². The van der Waals surface area contributed by atoms with Crippen molar-refractivity contribution in [2.45, 2.75) is 0 Å². The number of hydrogen-bond acceptors (Lipinski definition) is 20. The van der Waals surface area contributed by atoms with Crippen molar-refractivity contribution < 1.29 is 106 Å². The van der Waals surface area contributed by atoms with Gasteiger partial charge in [-0.3, -0.25) is 0 Å².